The van der Waals surface area contributed by atoms with Crippen LogP contribution in [0, 0.1) is 5.92 Å². The van der Waals surface area contributed by atoms with E-state index in [-0.39, 0.29) is 23.7 Å². The van der Waals surface area contributed by atoms with E-state index >= 15 is 0 Å². The minimum atomic E-state index is -0.298. The molecule has 3 aromatic carbocycles. The number of nitrogens with zero attached hydrogens (tertiary/aromatic N) is 1. The molecule has 32 heavy (non-hydrogen) atoms. The number of anilines is 1. The lowest BCUT2D eigenvalue weighted by Crippen LogP contribution is -2.18. The minimum Gasteiger partial charge on any atom is -0.354 e. The lowest BCUT2D eigenvalue weighted by atomic mass is 10.0. The fraction of sp³-hybridized carbons (Fsp3) is 0.115. The summed E-state index contributed by atoms with van der Waals surface area (Å²) in [6.45, 7) is 0. The third-order valence-corrected chi connectivity index (χ3v) is 6.23. The maximum absolute atomic E-state index is 12.9. The van der Waals surface area contributed by atoms with Crippen LogP contribution >= 0.6 is 0 Å². The van der Waals surface area contributed by atoms with Gasteiger partial charge in [-0.1, -0.05) is 60.7 Å². The third kappa shape index (κ3) is 3.08. The van der Waals surface area contributed by atoms with Crippen LogP contribution in [0.1, 0.15) is 33.8 Å². The monoisotopic (exact) mass is 420 g/mol. The van der Waals surface area contributed by atoms with Gasteiger partial charge in [0.1, 0.15) is 0 Å². The van der Waals surface area contributed by atoms with Crippen molar-refractivity contribution in [2.24, 2.45) is 11.0 Å². The number of carbonyl (C=O) groups excluding carboxylic acids is 2. The number of rotatable bonds is 4. The number of carbonyl (C=O) groups is 2. The van der Waals surface area contributed by atoms with Crippen molar-refractivity contribution in [2.75, 3.05) is 5.32 Å². The molecule has 0 radical (unpaired) electrons. The molecular weight excluding hydrogens is 400 g/mol. The molecule has 6 nitrogen and oxygen atoms in total. The summed E-state index contributed by atoms with van der Waals surface area (Å²) >= 11 is 0. The highest BCUT2D eigenvalue weighted by Crippen LogP contribution is 2.48. The van der Waals surface area contributed by atoms with Crippen molar-refractivity contribution in [3.63, 3.8) is 0 Å². The summed E-state index contributed by atoms with van der Waals surface area (Å²) in [5, 5.41) is 7.91. The topological polar surface area (TPSA) is 86.3 Å². The van der Waals surface area contributed by atoms with Crippen molar-refractivity contribution in [1.29, 1.82) is 0 Å². The van der Waals surface area contributed by atoms with Gasteiger partial charge in [0.25, 0.3) is 5.91 Å². The molecule has 6 rings (SSSR count). The average Bonchev–Trinajstić information content (AvgIpc) is 3.57. The Balaban J connectivity index is 1.36. The Morgan fingerprint density at radius 1 is 1.00 bits per heavy atom. The maximum Gasteiger partial charge on any atom is 0.272 e. The molecule has 2 amide bonds. The number of aromatic amines is 1. The predicted octanol–water partition coefficient (Wildman–Crippen LogP) is 4.65. The SMILES string of the molecule is O=C1NN=Cc2c(-c3ccccc3)[nH]c3cc(NC(=O)C4C[C@@H]4c4ccccc4)cc1c23. The molecule has 4 aromatic rings. The molecule has 6 heteroatoms. The summed E-state index contributed by atoms with van der Waals surface area (Å²) in [6, 6.07) is 23.6. The van der Waals surface area contributed by atoms with Gasteiger partial charge in [-0.25, -0.2) is 5.43 Å². The zero-order valence-corrected chi connectivity index (χ0v) is 17.1. The van der Waals surface area contributed by atoms with Gasteiger partial charge in [-0.3, -0.25) is 9.59 Å². The standard InChI is InChI=1S/C26H20N4O2/c31-25(19-13-18(19)15-7-3-1-4-8-15)28-17-11-20-23-21(14-27-30-26(20)32)24(29-22(23)12-17)16-9-5-2-6-10-16/h1-12,14,18-19,29H,13H2,(H,28,31)(H,30,32)/t18-,19?/m1/s1. The molecule has 156 valence electrons. The van der Waals surface area contributed by atoms with Gasteiger partial charge in [0.2, 0.25) is 5.91 Å². The Hall–Kier alpha value is -4.19. The van der Waals surface area contributed by atoms with Gasteiger partial charge in [-0.2, -0.15) is 5.10 Å². The molecule has 3 N–H and O–H groups in total. The van der Waals surface area contributed by atoms with Gasteiger partial charge >= 0.3 is 0 Å². The second-order valence-corrected chi connectivity index (χ2v) is 8.27. The van der Waals surface area contributed by atoms with Gasteiger partial charge in [-0.15, -0.1) is 0 Å². The van der Waals surface area contributed by atoms with E-state index in [2.05, 4.69) is 33.0 Å². The number of hydrazone groups is 1. The van der Waals surface area contributed by atoms with Crippen LogP contribution in [0.3, 0.4) is 0 Å². The van der Waals surface area contributed by atoms with E-state index in [1.807, 2.05) is 54.6 Å². The summed E-state index contributed by atoms with van der Waals surface area (Å²) in [6.07, 6.45) is 2.51. The van der Waals surface area contributed by atoms with Gasteiger partial charge in [0.05, 0.1) is 17.5 Å². The zero-order valence-electron chi connectivity index (χ0n) is 17.1. The van der Waals surface area contributed by atoms with Crippen molar-refractivity contribution >= 4 is 34.6 Å². The van der Waals surface area contributed by atoms with E-state index in [1.165, 1.54) is 5.56 Å². The largest absolute Gasteiger partial charge is 0.354 e. The summed E-state index contributed by atoms with van der Waals surface area (Å²) in [5.41, 5.74) is 8.35. The van der Waals surface area contributed by atoms with Crippen molar-refractivity contribution in [3.8, 4) is 11.3 Å². The quantitative estimate of drug-likeness (QED) is 0.449. The first kappa shape index (κ1) is 18.6. The van der Waals surface area contributed by atoms with Crippen LogP contribution in [0.25, 0.3) is 22.2 Å². The molecule has 1 aliphatic heterocycles. The molecule has 2 heterocycles. The first-order valence-electron chi connectivity index (χ1n) is 10.6. The molecule has 0 bridgehead atoms. The molecule has 2 atom stereocenters. The normalized spacial score (nSPS) is 18.8. The van der Waals surface area contributed by atoms with Gasteiger partial charge in [0, 0.05) is 28.1 Å². The van der Waals surface area contributed by atoms with Crippen LogP contribution < -0.4 is 10.7 Å². The Morgan fingerprint density at radius 3 is 2.53 bits per heavy atom. The van der Waals surface area contributed by atoms with E-state index in [4.69, 9.17) is 0 Å². The average molecular weight is 420 g/mol. The molecule has 0 saturated heterocycles. The Bertz CT molecular complexity index is 1390. The third-order valence-electron chi connectivity index (χ3n) is 6.23. The van der Waals surface area contributed by atoms with Gasteiger partial charge in [-0.05, 0) is 35.6 Å². The van der Waals surface area contributed by atoms with Crippen molar-refractivity contribution < 1.29 is 9.59 Å². The zero-order chi connectivity index (χ0) is 21.7. The van der Waals surface area contributed by atoms with Crippen molar-refractivity contribution in [3.05, 3.63) is 89.5 Å². The molecule has 1 fully saturated rings. The number of H-pyrrole nitrogens is 1. The fourth-order valence-corrected chi connectivity index (χ4v) is 4.57. The number of amides is 2. The van der Waals surface area contributed by atoms with Crippen LogP contribution in [0.2, 0.25) is 0 Å². The first-order chi connectivity index (χ1) is 15.7. The molecule has 1 saturated carbocycles. The lowest BCUT2D eigenvalue weighted by molar-refractivity contribution is -0.117. The highest BCUT2D eigenvalue weighted by molar-refractivity contribution is 6.18. The Morgan fingerprint density at radius 2 is 1.75 bits per heavy atom. The number of nitrogens with one attached hydrogen (secondary N) is 3. The van der Waals surface area contributed by atoms with Crippen LogP contribution in [0.4, 0.5) is 5.69 Å². The van der Waals surface area contributed by atoms with Gasteiger partial charge in [0.15, 0.2) is 0 Å². The Kier molecular flexibility index (Phi) is 4.18. The van der Waals surface area contributed by atoms with Crippen molar-refractivity contribution in [1.82, 2.24) is 10.4 Å². The Labute approximate surface area is 184 Å². The predicted molar refractivity (Wildman–Crippen MR) is 125 cm³/mol. The van der Waals surface area contributed by atoms with E-state index in [0.717, 1.165) is 34.1 Å². The fourth-order valence-electron chi connectivity index (χ4n) is 4.57. The van der Waals surface area contributed by atoms with Crippen molar-refractivity contribution in [2.45, 2.75) is 12.3 Å². The van der Waals surface area contributed by atoms with E-state index in [1.54, 1.807) is 12.3 Å². The molecule has 1 aliphatic carbocycles. The summed E-state index contributed by atoms with van der Waals surface area (Å²) in [5.74, 6) is -0.123. The highest BCUT2D eigenvalue weighted by atomic mass is 16.2. The molecule has 0 spiro atoms. The maximum atomic E-state index is 12.9. The molecule has 1 unspecified atom stereocenters. The van der Waals surface area contributed by atoms with E-state index in [0.29, 0.717) is 11.3 Å². The number of hydrogen-bond donors (Lipinski definition) is 3. The van der Waals surface area contributed by atoms with Crippen LogP contribution in [0.5, 0.6) is 0 Å². The number of aromatic nitrogens is 1. The van der Waals surface area contributed by atoms with Crippen LogP contribution in [0.15, 0.2) is 77.9 Å². The van der Waals surface area contributed by atoms with E-state index in [9.17, 15) is 9.59 Å². The molecular formula is C26H20N4O2. The number of benzene rings is 3. The second-order valence-electron chi connectivity index (χ2n) is 8.27. The smallest absolute Gasteiger partial charge is 0.272 e. The summed E-state index contributed by atoms with van der Waals surface area (Å²) < 4.78 is 0. The summed E-state index contributed by atoms with van der Waals surface area (Å²) in [7, 11) is 0. The minimum absolute atomic E-state index is 0.0225. The number of hydrogen-bond acceptors (Lipinski definition) is 3. The first-order valence-corrected chi connectivity index (χ1v) is 10.6. The lowest BCUT2D eigenvalue weighted by Gasteiger charge is -2.08. The molecule has 2 aliphatic rings. The highest BCUT2D eigenvalue weighted by Gasteiger charge is 2.43. The van der Waals surface area contributed by atoms with Gasteiger partial charge < -0.3 is 10.3 Å². The van der Waals surface area contributed by atoms with Crippen LogP contribution in [-0.2, 0) is 4.79 Å². The van der Waals surface area contributed by atoms with E-state index < -0.39 is 0 Å². The molecule has 1 aromatic heterocycles. The summed E-state index contributed by atoms with van der Waals surface area (Å²) in [4.78, 5) is 29.0. The second kappa shape index (κ2) is 7.20. The van der Waals surface area contributed by atoms with Crippen LogP contribution in [-0.4, -0.2) is 23.0 Å².